The summed E-state index contributed by atoms with van der Waals surface area (Å²) in [7, 11) is 2.97. The van der Waals surface area contributed by atoms with Crippen LogP contribution in [0.5, 0.6) is 0 Å². The summed E-state index contributed by atoms with van der Waals surface area (Å²) in [5, 5.41) is 3.12. The first-order valence-electron chi connectivity index (χ1n) is 9.55. The lowest BCUT2D eigenvalue weighted by molar-refractivity contribution is 0.102. The first kappa shape index (κ1) is 20.5. The molecule has 0 radical (unpaired) electrons. The number of aromatic nitrogens is 3. The van der Waals surface area contributed by atoms with Gasteiger partial charge in [-0.3, -0.25) is 18.7 Å². The second-order valence-electron chi connectivity index (χ2n) is 8.20. The predicted molar refractivity (Wildman–Crippen MR) is 115 cm³/mol. The predicted octanol–water partition coefficient (Wildman–Crippen LogP) is 2.74. The van der Waals surface area contributed by atoms with E-state index in [0.29, 0.717) is 17.7 Å². The minimum atomic E-state index is -0.482. The van der Waals surface area contributed by atoms with E-state index in [9.17, 15) is 14.4 Å². The molecule has 7 heteroatoms. The van der Waals surface area contributed by atoms with Crippen LogP contribution in [0.15, 0.2) is 40.1 Å². The number of pyridine rings is 1. The highest BCUT2D eigenvalue weighted by atomic mass is 16.2. The minimum Gasteiger partial charge on any atom is -0.321 e. The van der Waals surface area contributed by atoms with Crippen LogP contribution in [0.3, 0.4) is 0 Å². The molecule has 152 valence electrons. The molecule has 7 nitrogen and oxygen atoms in total. The van der Waals surface area contributed by atoms with Crippen molar-refractivity contribution in [2.45, 2.75) is 39.5 Å². The number of amides is 1. The number of nitrogens with zero attached hydrogens (tertiary/aromatic N) is 3. The molecule has 0 aliphatic heterocycles. The van der Waals surface area contributed by atoms with Crippen molar-refractivity contribution in [1.82, 2.24) is 14.1 Å². The Morgan fingerprint density at radius 3 is 2.24 bits per heavy atom. The molecule has 0 aliphatic rings. The zero-order valence-corrected chi connectivity index (χ0v) is 17.7. The van der Waals surface area contributed by atoms with Gasteiger partial charge in [-0.15, -0.1) is 0 Å². The summed E-state index contributed by atoms with van der Waals surface area (Å²) in [5.74, 6) is -0.316. The van der Waals surface area contributed by atoms with Gasteiger partial charge in [0.25, 0.3) is 11.5 Å². The molecule has 3 rings (SSSR count). The number of benzene rings is 1. The summed E-state index contributed by atoms with van der Waals surface area (Å²) in [4.78, 5) is 42.3. The van der Waals surface area contributed by atoms with E-state index >= 15 is 0 Å². The number of carbonyl (C=O) groups excluding carboxylic acids is 1. The monoisotopic (exact) mass is 394 g/mol. The van der Waals surface area contributed by atoms with Crippen LogP contribution in [-0.2, 0) is 25.9 Å². The molecule has 0 bridgehead atoms. The van der Waals surface area contributed by atoms with E-state index in [2.05, 4.69) is 31.1 Å². The van der Waals surface area contributed by atoms with Crippen LogP contribution in [-0.4, -0.2) is 20.0 Å². The van der Waals surface area contributed by atoms with Gasteiger partial charge in [-0.05, 0) is 35.1 Å². The Morgan fingerprint density at radius 2 is 1.69 bits per heavy atom. The number of hydrogen-bond acceptors (Lipinski definition) is 4. The van der Waals surface area contributed by atoms with Gasteiger partial charge in [-0.2, -0.15) is 0 Å². The quantitative estimate of drug-likeness (QED) is 0.740. The molecule has 2 heterocycles. The third-order valence-corrected chi connectivity index (χ3v) is 5.18. The van der Waals surface area contributed by atoms with Crippen molar-refractivity contribution >= 4 is 22.6 Å². The number of nitrogens with one attached hydrogen (secondary N) is 1. The molecular formula is C22H26N4O3. The third kappa shape index (κ3) is 3.60. The minimum absolute atomic E-state index is 0.0112. The Kier molecular flexibility index (Phi) is 5.17. The maximum Gasteiger partial charge on any atom is 0.332 e. The molecule has 0 atom stereocenters. The van der Waals surface area contributed by atoms with E-state index in [0.717, 1.165) is 15.7 Å². The van der Waals surface area contributed by atoms with E-state index in [1.807, 2.05) is 19.1 Å². The molecule has 0 unspecified atom stereocenters. The molecule has 3 aromatic rings. The molecule has 1 N–H and O–H groups in total. The second-order valence-corrected chi connectivity index (χ2v) is 8.20. The Labute approximate surface area is 169 Å². The van der Waals surface area contributed by atoms with E-state index < -0.39 is 11.2 Å². The Hall–Kier alpha value is -3.22. The van der Waals surface area contributed by atoms with Crippen molar-refractivity contribution in [3.05, 3.63) is 68.0 Å². The topological polar surface area (TPSA) is 86.0 Å². The van der Waals surface area contributed by atoms with Crippen LogP contribution in [0, 0.1) is 0 Å². The zero-order valence-electron chi connectivity index (χ0n) is 17.7. The first-order chi connectivity index (χ1) is 13.6. The van der Waals surface area contributed by atoms with Crippen molar-refractivity contribution < 1.29 is 4.79 Å². The SMILES string of the molecule is CCc1cnc2c(c1NC(=O)c1ccc(C(C)(C)C)cc1)c(=O)n(C)c(=O)n2C. The summed E-state index contributed by atoms with van der Waals surface area (Å²) >= 11 is 0. The first-order valence-corrected chi connectivity index (χ1v) is 9.55. The average Bonchev–Trinajstić information content (AvgIpc) is 2.69. The Balaban J connectivity index is 2.13. The van der Waals surface area contributed by atoms with Gasteiger partial charge in [0.1, 0.15) is 5.39 Å². The van der Waals surface area contributed by atoms with Crippen LogP contribution in [0.2, 0.25) is 0 Å². The summed E-state index contributed by atoms with van der Waals surface area (Å²) < 4.78 is 2.33. The number of hydrogen-bond donors (Lipinski definition) is 1. The molecular weight excluding hydrogens is 368 g/mol. The van der Waals surface area contributed by atoms with Gasteiger partial charge in [-0.25, -0.2) is 9.78 Å². The number of fused-ring (bicyclic) bond motifs is 1. The van der Waals surface area contributed by atoms with Crippen LogP contribution in [0.4, 0.5) is 5.69 Å². The smallest absolute Gasteiger partial charge is 0.321 e. The fourth-order valence-electron chi connectivity index (χ4n) is 3.29. The lowest BCUT2D eigenvalue weighted by atomic mass is 9.86. The summed E-state index contributed by atoms with van der Waals surface area (Å²) in [5.41, 5.74) is 2.04. The fraction of sp³-hybridized carbons (Fsp3) is 0.364. The largest absolute Gasteiger partial charge is 0.332 e. The van der Waals surface area contributed by atoms with E-state index in [-0.39, 0.29) is 22.4 Å². The molecule has 0 spiro atoms. The normalized spacial score (nSPS) is 11.7. The molecule has 1 amide bonds. The Morgan fingerprint density at radius 1 is 1.07 bits per heavy atom. The van der Waals surface area contributed by atoms with Crippen molar-refractivity contribution in [1.29, 1.82) is 0 Å². The standard InChI is InChI=1S/C22H26N4O3/c1-7-13-12-23-18-16(20(28)26(6)21(29)25(18)5)17(13)24-19(27)14-8-10-15(11-9-14)22(2,3)4/h8-12H,7H2,1-6H3,(H,23,24,27). The lowest BCUT2D eigenvalue weighted by Gasteiger charge is -2.19. The number of aryl methyl sites for hydroxylation is 2. The molecule has 1 aromatic carbocycles. The molecule has 0 saturated heterocycles. The lowest BCUT2D eigenvalue weighted by Crippen LogP contribution is -2.38. The number of anilines is 1. The Bertz CT molecular complexity index is 1210. The number of rotatable bonds is 3. The summed E-state index contributed by atoms with van der Waals surface area (Å²) in [6, 6.07) is 7.42. The highest BCUT2D eigenvalue weighted by molar-refractivity contribution is 6.08. The van der Waals surface area contributed by atoms with Crippen LogP contribution < -0.4 is 16.6 Å². The van der Waals surface area contributed by atoms with Gasteiger partial charge >= 0.3 is 5.69 Å². The summed E-state index contributed by atoms with van der Waals surface area (Å²) in [6.07, 6.45) is 2.17. The molecule has 0 saturated carbocycles. The summed E-state index contributed by atoms with van der Waals surface area (Å²) in [6.45, 7) is 8.25. The maximum absolute atomic E-state index is 12.9. The number of carbonyl (C=O) groups is 1. The van der Waals surface area contributed by atoms with Gasteiger partial charge < -0.3 is 5.32 Å². The maximum atomic E-state index is 12.9. The van der Waals surface area contributed by atoms with E-state index in [1.54, 1.807) is 25.4 Å². The van der Waals surface area contributed by atoms with Crippen molar-refractivity contribution in [2.75, 3.05) is 5.32 Å². The second kappa shape index (κ2) is 7.31. The van der Waals surface area contributed by atoms with Crippen LogP contribution in [0.25, 0.3) is 11.0 Å². The molecule has 0 fully saturated rings. The highest BCUT2D eigenvalue weighted by Gasteiger charge is 2.19. The van der Waals surface area contributed by atoms with Gasteiger partial charge in [0, 0.05) is 25.9 Å². The van der Waals surface area contributed by atoms with Gasteiger partial charge in [0.2, 0.25) is 0 Å². The molecule has 29 heavy (non-hydrogen) atoms. The van der Waals surface area contributed by atoms with Gasteiger partial charge in [0.05, 0.1) is 5.69 Å². The highest BCUT2D eigenvalue weighted by Crippen LogP contribution is 2.25. The molecule has 0 aliphatic carbocycles. The van der Waals surface area contributed by atoms with Crippen LogP contribution >= 0.6 is 0 Å². The van der Waals surface area contributed by atoms with Crippen LogP contribution in [0.1, 0.15) is 49.2 Å². The van der Waals surface area contributed by atoms with E-state index in [1.165, 1.54) is 11.6 Å². The third-order valence-electron chi connectivity index (χ3n) is 5.18. The fourth-order valence-corrected chi connectivity index (χ4v) is 3.29. The van der Waals surface area contributed by atoms with Gasteiger partial charge in [0.15, 0.2) is 5.65 Å². The van der Waals surface area contributed by atoms with Crippen molar-refractivity contribution in [3.63, 3.8) is 0 Å². The van der Waals surface area contributed by atoms with E-state index in [4.69, 9.17) is 0 Å². The zero-order chi connectivity index (χ0) is 21.5. The average molecular weight is 394 g/mol. The molecule has 2 aromatic heterocycles. The van der Waals surface area contributed by atoms with Gasteiger partial charge in [-0.1, -0.05) is 39.8 Å². The van der Waals surface area contributed by atoms with Crippen molar-refractivity contribution in [3.8, 4) is 0 Å². The van der Waals surface area contributed by atoms with Crippen molar-refractivity contribution in [2.24, 2.45) is 14.1 Å².